The average Bonchev–Trinajstić information content (AvgIpc) is 3.50. The Labute approximate surface area is 256 Å². The van der Waals surface area contributed by atoms with Gasteiger partial charge >= 0.3 is 0 Å². The molecule has 0 spiro atoms. The molecule has 1 unspecified atom stereocenters. The second-order valence-electron chi connectivity index (χ2n) is 10.8. The van der Waals surface area contributed by atoms with Gasteiger partial charge in [-0.15, -0.1) is 4.68 Å². The zero-order chi connectivity index (χ0) is 31.3. The number of carbonyl (C=O) groups excluding carboxylic acids is 2. The molecule has 2 aromatic rings. The molecule has 11 nitrogen and oxygen atoms in total. The molecule has 1 heterocycles. The number of Topliss-reactive ketones (excluding diaryl/α,β-unsaturated/α-hetero) is 1. The van der Waals surface area contributed by atoms with Crippen LogP contribution in [0.15, 0.2) is 36.7 Å². The average molecular weight is 607 g/mol. The summed E-state index contributed by atoms with van der Waals surface area (Å²) >= 11 is 0. The van der Waals surface area contributed by atoms with Crippen molar-refractivity contribution >= 4 is 11.7 Å². The number of hydrogen-bond acceptors (Lipinski definition) is 8. The Hall–Kier alpha value is -2.67. The molecular formula is C32H52N3O8+. The Bertz CT molecular complexity index is 1030. The monoisotopic (exact) mass is 606 g/mol. The van der Waals surface area contributed by atoms with Gasteiger partial charge in [-0.2, -0.15) is 5.10 Å². The van der Waals surface area contributed by atoms with E-state index in [0.717, 1.165) is 5.56 Å². The van der Waals surface area contributed by atoms with Crippen molar-refractivity contribution < 1.29 is 42.7 Å². The summed E-state index contributed by atoms with van der Waals surface area (Å²) in [7, 11) is 0. The summed E-state index contributed by atoms with van der Waals surface area (Å²) in [4.78, 5) is 23.9. The van der Waals surface area contributed by atoms with Gasteiger partial charge in [-0.25, -0.2) is 0 Å². The third-order valence-corrected chi connectivity index (χ3v) is 6.69. The van der Waals surface area contributed by atoms with E-state index < -0.39 is 0 Å². The first kappa shape index (κ1) is 36.5. The van der Waals surface area contributed by atoms with Crippen LogP contribution in [-0.2, 0) is 33.2 Å². The number of nitrogens with zero attached hydrogens (tertiary/aromatic N) is 1. The molecule has 43 heavy (non-hydrogen) atoms. The maximum atomic E-state index is 12.4. The number of ether oxygens (including phenoxy) is 6. The van der Waals surface area contributed by atoms with Crippen LogP contribution in [-0.4, -0.2) is 103 Å². The van der Waals surface area contributed by atoms with Crippen molar-refractivity contribution in [1.29, 1.82) is 0 Å². The van der Waals surface area contributed by atoms with E-state index >= 15 is 0 Å². The Morgan fingerprint density at radius 3 is 1.65 bits per heavy atom. The van der Waals surface area contributed by atoms with E-state index in [1.807, 2.05) is 44.3 Å². The van der Waals surface area contributed by atoms with Crippen molar-refractivity contribution in [3.8, 4) is 0 Å². The lowest BCUT2D eigenvalue weighted by atomic mass is 10.1. The molecule has 1 aromatic carbocycles. The number of carbonyl (C=O) groups is 2. The van der Waals surface area contributed by atoms with Gasteiger partial charge in [-0.05, 0) is 18.1 Å². The van der Waals surface area contributed by atoms with E-state index in [9.17, 15) is 9.59 Å². The zero-order valence-corrected chi connectivity index (χ0v) is 26.6. The SMILES string of the molecule is CC(C)C(=O)COCCOCCOCCOCCOCCOCCNC(=O)c1ccc(C(C)[n+]2cc(C(C)C)c[nH]2)cc1. The topological polar surface area (TPSA) is 121 Å². The highest BCUT2D eigenvalue weighted by molar-refractivity contribution is 5.94. The molecule has 0 aliphatic carbocycles. The predicted molar refractivity (Wildman–Crippen MR) is 162 cm³/mol. The minimum atomic E-state index is -0.122. The van der Waals surface area contributed by atoms with Gasteiger partial charge in [0.25, 0.3) is 5.91 Å². The summed E-state index contributed by atoms with van der Waals surface area (Å²) in [6.45, 7) is 15.7. The van der Waals surface area contributed by atoms with Crippen LogP contribution in [0.25, 0.3) is 0 Å². The number of hydrogen-bond donors (Lipinski definition) is 2. The fourth-order valence-corrected chi connectivity index (χ4v) is 3.77. The van der Waals surface area contributed by atoms with E-state index in [-0.39, 0.29) is 30.3 Å². The van der Waals surface area contributed by atoms with E-state index in [0.29, 0.717) is 90.7 Å². The molecule has 11 heteroatoms. The first-order valence-corrected chi connectivity index (χ1v) is 15.3. The normalized spacial score (nSPS) is 12.3. The van der Waals surface area contributed by atoms with E-state index in [1.54, 1.807) is 0 Å². The molecule has 0 aliphatic heterocycles. The predicted octanol–water partition coefficient (Wildman–Crippen LogP) is 3.09. The quantitative estimate of drug-likeness (QED) is 0.131. The van der Waals surface area contributed by atoms with Crippen LogP contribution in [0, 0.1) is 5.92 Å². The van der Waals surface area contributed by atoms with Gasteiger partial charge < -0.3 is 33.7 Å². The number of nitrogens with one attached hydrogen (secondary N) is 2. The van der Waals surface area contributed by atoms with Crippen LogP contribution in [0.3, 0.4) is 0 Å². The van der Waals surface area contributed by atoms with Gasteiger partial charge in [0, 0.05) is 36.1 Å². The Balaban J connectivity index is 1.37. The lowest BCUT2D eigenvalue weighted by molar-refractivity contribution is -0.762. The van der Waals surface area contributed by atoms with Crippen LogP contribution >= 0.6 is 0 Å². The molecule has 2 N–H and O–H groups in total. The minimum Gasteiger partial charge on any atom is -0.377 e. The van der Waals surface area contributed by atoms with E-state index in [4.69, 9.17) is 28.4 Å². The second-order valence-corrected chi connectivity index (χ2v) is 10.8. The molecule has 0 saturated heterocycles. The van der Waals surface area contributed by atoms with Crippen molar-refractivity contribution in [3.05, 3.63) is 53.3 Å². The number of aromatic amines is 1. The molecule has 1 atom stereocenters. The fourth-order valence-electron chi connectivity index (χ4n) is 3.77. The number of benzene rings is 1. The molecule has 0 aliphatic rings. The lowest BCUT2D eigenvalue weighted by Crippen LogP contribution is -2.39. The third kappa shape index (κ3) is 15.6. The van der Waals surface area contributed by atoms with Gasteiger partial charge in [-0.3, -0.25) is 9.59 Å². The summed E-state index contributed by atoms with van der Waals surface area (Å²) < 4.78 is 34.6. The molecule has 1 aromatic heterocycles. The Morgan fingerprint density at radius 1 is 0.698 bits per heavy atom. The van der Waals surface area contributed by atoms with Crippen molar-refractivity contribution in [3.63, 3.8) is 0 Å². The van der Waals surface area contributed by atoms with Crippen molar-refractivity contribution in [1.82, 2.24) is 10.4 Å². The molecule has 2 rings (SSSR count). The summed E-state index contributed by atoms with van der Waals surface area (Å²) in [5, 5.41) is 6.18. The lowest BCUT2D eigenvalue weighted by Gasteiger charge is -2.09. The molecule has 242 valence electrons. The molecular weight excluding hydrogens is 554 g/mol. The fraction of sp³-hybridized carbons (Fsp3) is 0.656. The first-order valence-electron chi connectivity index (χ1n) is 15.3. The van der Waals surface area contributed by atoms with Crippen molar-refractivity contribution in [2.75, 3.05) is 85.8 Å². The summed E-state index contributed by atoms with van der Waals surface area (Å²) in [5.74, 6) is 0.433. The van der Waals surface area contributed by atoms with Crippen LogP contribution in [0.1, 0.15) is 68.1 Å². The third-order valence-electron chi connectivity index (χ3n) is 6.69. The van der Waals surface area contributed by atoms with Crippen LogP contribution in [0.5, 0.6) is 0 Å². The van der Waals surface area contributed by atoms with E-state index in [2.05, 4.69) is 42.1 Å². The van der Waals surface area contributed by atoms with Crippen LogP contribution < -0.4 is 10.00 Å². The highest BCUT2D eigenvalue weighted by Gasteiger charge is 2.19. The number of ketones is 1. The highest BCUT2D eigenvalue weighted by atomic mass is 16.6. The van der Waals surface area contributed by atoms with E-state index in [1.165, 1.54) is 5.56 Å². The number of H-pyrrole nitrogens is 1. The number of amides is 1. The molecule has 0 bridgehead atoms. The van der Waals surface area contributed by atoms with Crippen molar-refractivity contribution in [2.24, 2.45) is 5.92 Å². The van der Waals surface area contributed by atoms with Crippen LogP contribution in [0.4, 0.5) is 0 Å². The summed E-state index contributed by atoms with van der Waals surface area (Å²) in [5.41, 5.74) is 3.01. The molecule has 0 radical (unpaired) electrons. The van der Waals surface area contributed by atoms with Gasteiger partial charge in [0.05, 0.1) is 78.9 Å². The molecule has 1 amide bonds. The van der Waals surface area contributed by atoms with Gasteiger partial charge in [0.1, 0.15) is 6.61 Å². The summed E-state index contributed by atoms with van der Waals surface area (Å²) in [6.07, 6.45) is 4.16. The Kier molecular flexibility index (Phi) is 18.6. The molecule has 0 saturated carbocycles. The van der Waals surface area contributed by atoms with Gasteiger partial charge in [0.15, 0.2) is 12.0 Å². The maximum Gasteiger partial charge on any atom is 0.251 e. The molecule has 0 fully saturated rings. The largest absolute Gasteiger partial charge is 0.377 e. The smallest absolute Gasteiger partial charge is 0.251 e. The standard InChI is InChI=1S/C32H51N3O8/c1-25(2)30-22-34-35(23-30)27(5)28-6-8-29(9-7-28)32(37)33-10-11-38-12-13-39-14-15-40-16-17-41-18-19-42-20-21-43-24-31(36)26(3)4/h6-9,22-23,25-27H,10-21,24H2,1-5H3,(H,33,37)/p+1. The minimum absolute atomic E-state index is 0.00595. The number of rotatable bonds is 25. The maximum absolute atomic E-state index is 12.4. The van der Waals surface area contributed by atoms with Gasteiger partial charge in [0.2, 0.25) is 6.04 Å². The second kappa shape index (κ2) is 21.9. The highest BCUT2D eigenvalue weighted by Crippen LogP contribution is 2.15. The Morgan fingerprint density at radius 2 is 1.19 bits per heavy atom. The number of aromatic nitrogens is 2. The van der Waals surface area contributed by atoms with Crippen molar-refractivity contribution in [2.45, 2.75) is 46.6 Å². The first-order chi connectivity index (χ1) is 20.8. The summed E-state index contributed by atoms with van der Waals surface area (Å²) in [6, 6.07) is 7.82. The zero-order valence-electron chi connectivity index (χ0n) is 26.6. The van der Waals surface area contributed by atoms with Gasteiger partial charge in [-0.1, -0.05) is 39.8 Å². The van der Waals surface area contributed by atoms with Crippen LogP contribution in [0.2, 0.25) is 0 Å².